The summed E-state index contributed by atoms with van der Waals surface area (Å²) in [6.45, 7) is 2.62. The van der Waals surface area contributed by atoms with Crippen molar-refractivity contribution in [2.45, 2.75) is 32.6 Å². The number of ketones is 1. The molecule has 2 rings (SSSR count). The van der Waals surface area contributed by atoms with Crippen LogP contribution in [0.5, 0.6) is 5.75 Å². The van der Waals surface area contributed by atoms with E-state index < -0.39 is 0 Å². The van der Waals surface area contributed by atoms with Crippen molar-refractivity contribution in [2.75, 3.05) is 25.6 Å². The SMILES string of the molecule is COc1cccc(N(C)CC2CCCC2)c1C(C)=O. The zero-order valence-electron chi connectivity index (χ0n) is 12.1. The van der Waals surface area contributed by atoms with Gasteiger partial charge in [0.15, 0.2) is 5.78 Å². The highest BCUT2D eigenvalue weighted by molar-refractivity contribution is 6.02. The van der Waals surface area contributed by atoms with Gasteiger partial charge in [-0.05, 0) is 37.8 Å². The minimum atomic E-state index is 0.0609. The minimum Gasteiger partial charge on any atom is -0.496 e. The fraction of sp³-hybridized carbons (Fsp3) is 0.562. The van der Waals surface area contributed by atoms with Gasteiger partial charge in [-0.15, -0.1) is 0 Å². The number of hydrogen-bond acceptors (Lipinski definition) is 3. The zero-order chi connectivity index (χ0) is 13.8. The Morgan fingerprint density at radius 3 is 2.63 bits per heavy atom. The smallest absolute Gasteiger partial charge is 0.165 e. The van der Waals surface area contributed by atoms with E-state index in [1.807, 2.05) is 18.2 Å². The van der Waals surface area contributed by atoms with Gasteiger partial charge in [-0.2, -0.15) is 0 Å². The van der Waals surface area contributed by atoms with Crippen molar-refractivity contribution >= 4 is 11.5 Å². The van der Waals surface area contributed by atoms with E-state index in [1.54, 1.807) is 14.0 Å². The largest absolute Gasteiger partial charge is 0.496 e. The number of ether oxygens (including phenoxy) is 1. The summed E-state index contributed by atoms with van der Waals surface area (Å²) in [5.41, 5.74) is 1.68. The highest BCUT2D eigenvalue weighted by atomic mass is 16.5. The number of rotatable bonds is 5. The quantitative estimate of drug-likeness (QED) is 0.759. The summed E-state index contributed by atoms with van der Waals surface area (Å²) >= 11 is 0. The van der Waals surface area contributed by atoms with Crippen LogP contribution in [0.15, 0.2) is 18.2 Å². The Labute approximate surface area is 115 Å². The van der Waals surface area contributed by atoms with Crippen molar-refractivity contribution in [3.8, 4) is 5.75 Å². The molecule has 0 N–H and O–H groups in total. The van der Waals surface area contributed by atoms with E-state index in [-0.39, 0.29) is 5.78 Å². The highest BCUT2D eigenvalue weighted by Gasteiger charge is 2.21. The zero-order valence-corrected chi connectivity index (χ0v) is 12.1. The molecule has 1 aliphatic rings. The number of methoxy groups -OCH3 is 1. The maximum absolute atomic E-state index is 11.9. The van der Waals surface area contributed by atoms with Crippen molar-refractivity contribution in [1.82, 2.24) is 0 Å². The Balaban J connectivity index is 2.24. The standard InChI is InChI=1S/C16H23NO2/c1-12(18)16-14(9-6-10-15(16)19-3)17(2)11-13-7-4-5-8-13/h6,9-10,13H,4-5,7-8,11H2,1-3H3. The van der Waals surface area contributed by atoms with Crippen LogP contribution in [0.2, 0.25) is 0 Å². The highest BCUT2D eigenvalue weighted by Crippen LogP contribution is 2.32. The second-order valence-electron chi connectivity index (χ2n) is 5.44. The Morgan fingerprint density at radius 1 is 1.37 bits per heavy atom. The summed E-state index contributed by atoms with van der Waals surface area (Å²) in [4.78, 5) is 14.1. The first-order valence-corrected chi connectivity index (χ1v) is 7.02. The monoisotopic (exact) mass is 261 g/mol. The van der Waals surface area contributed by atoms with Gasteiger partial charge in [-0.25, -0.2) is 0 Å². The second kappa shape index (κ2) is 6.09. The molecule has 0 saturated heterocycles. The van der Waals surface area contributed by atoms with Crippen molar-refractivity contribution in [3.63, 3.8) is 0 Å². The van der Waals surface area contributed by atoms with Crippen LogP contribution in [0.1, 0.15) is 43.0 Å². The summed E-state index contributed by atoms with van der Waals surface area (Å²) in [6, 6.07) is 5.81. The molecule has 0 spiro atoms. The molecule has 0 radical (unpaired) electrons. The van der Waals surface area contributed by atoms with Crippen molar-refractivity contribution in [3.05, 3.63) is 23.8 Å². The molecule has 1 saturated carbocycles. The molecule has 0 bridgehead atoms. The third-order valence-electron chi connectivity index (χ3n) is 3.99. The lowest BCUT2D eigenvalue weighted by atomic mass is 10.0. The normalized spacial score (nSPS) is 15.5. The molecule has 1 fully saturated rings. The van der Waals surface area contributed by atoms with E-state index in [9.17, 15) is 4.79 Å². The van der Waals surface area contributed by atoms with E-state index in [0.717, 1.165) is 18.2 Å². The Morgan fingerprint density at radius 2 is 2.05 bits per heavy atom. The van der Waals surface area contributed by atoms with Crippen LogP contribution in [0.25, 0.3) is 0 Å². The lowest BCUT2D eigenvalue weighted by Gasteiger charge is -2.25. The Kier molecular flexibility index (Phi) is 4.46. The molecular weight excluding hydrogens is 238 g/mol. The van der Waals surface area contributed by atoms with Crippen LogP contribution < -0.4 is 9.64 Å². The van der Waals surface area contributed by atoms with Gasteiger partial charge >= 0.3 is 0 Å². The third-order valence-corrected chi connectivity index (χ3v) is 3.99. The Hall–Kier alpha value is -1.51. The van der Waals surface area contributed by atoms with Gasteiger partial charge in [0.05, 0.1) is 18.4 Å². The van der Waals surface area contributed by atoms with Crippen molar-refractivity contribution < 1.29 is 9.53 Å². The molecule has 104 valence electrons. The van der Waals surface area contributed by atoms with Crippen molar-refractivity contribution in [1.29, 1.82) is 0 Å². The summed E-state index contributed by atoms with van der Waals surface area (Å²) in [5.74, 6) is 1.49. The van der Waals surface area contributed by atoms with E-state index in [0.29, 0.717) is 11.3 Å². The van der Waals surface area contributed by atoms with E-state index in [4.69, 9.17) is 4.74 Å². The predicted molar refractivity (Wildman–Crippen MR) is 78.2 cm³/mol. The first-order chi connectivity index (χ1) is 9.13. The molecule has 0 amide bonds. The first-order valence-electron chi connectivity index (χ1n) is 7.02. The van der Waals surface area contributed by atoms with Gasteiger partial charge in [-0.3, -0.25) is 4.79 Å². The van der Waals surface area contributed by atoms with E-state index in [2.05, 4.69) is 11.9 Å². The predicted octanol–water partition coefficient (Wildman–Crippen LogP) is 3.52. The molecular formula is C16H23NO2. The van der Waals surface area contributed by atoms with Crippen LogP contribution in [0.3, 0.4) is 0 Å². The number of carbonyl (C=O) groups is 1. The van der Waals surface area contributed by atoms with Crippen LogP contribution in [-0.4, -0.2) is 26.5 Å². The van der Waals surface area contributed by atoms with Gasteiger partial charge in [0, 0.05) is 13.6 Å². The second-order valence-corrected chi connectivity index (χ2v) is 5.44. The van der Waals surface area contributed by atoms with Crippen LogP contribution in [0.4, 0.5) is 5.69 Å². The van der Waals surface area contributed by atoms with Gasteiger partial charge in [0.1, 0.15) is 5.75 Å². The fourth-order valence-corrected chi connectivity index (χ4v) is 3.04. The maximum Gasteiger partial charge on any atom is 0.165 e. The average Bonchev–Trinajstić information content (AvgIpc) is 2.90. The number of hydrogen-bond donors (Lipinski definition) is 0. The van der Waals surface area contributed by atoms with Gasteiger partial charge in [0.25, 0.3) is 0 Å². The Bertz CT molecular complexity index is 450. The molecule has 1 aromatic carbocycles. The topological polar surface area (TPSA) is 29.5 Å². The van der Waals surface area contributed by atoms with Crippen LogP contribution in [0, 0.1) is 5.92 Å². The molecule has 0 heterocycles. The molecule has 1 aromatic rings. The van der Waals surface area contributed by atoms with Crippen LogP contribution >= 0.6 is 0 Å². The van der Waals surface area contributed by atoms with E-state index >= 15 is 0 Å². The molecule has 0 aromatic heterocycles. The summed E-state index contributed by atoms with van der Waals surface area (Å²) in [5, 5.41) is 0. The van der Waals surface area contributed by atoms with Gasteiger partial charge in [0.2, 0.25) is 0 Å². The third kappa shape index (κ3) is 3.09. The number of benzene rings is 1. The molecule has 1 aliphatic carbocycles. The summed E-state index contributed by atoms with van der Waals surface area (Å²) in [6.07, 6.45) is 5.31. The molecule has 0 atom stereocenters. The van der Waals surface area contributed by atoms with Gasteiger partial charge in [-0.1, -0.05) is 18.9 Å². The lowest BCUT2D eigenvalue weighted by Crippen LogP contribution is -2.25. The van der Waals surface area contributed by atoms with Crippen molar-refractivity contribution in [2.24, 2.45) is 5.92 Å². The number of anilines is 1. The molecule has 0 unspecified atom stereocenters. The maximum atomic E-state index is 11.9. The average molecular weight is 261 g/mol. The molecule has 0 aliphatic heterocycles. The summed E-state index contributed by atoms with van der Waals surface area (Å²) < 4.78 is 5.32. The van der Waals surface area contributed by atoms with Gasteiger partial charge < -0.3 is 9.64 Å². The number of nitrogens with zero attached hydrogens (tertiary/aromatic N) is 1. The molecule has 3 heteroatoms. The number of Topliss-reactive ketones (excluding diaryl/α,β-unsaturated/α-hetero) is 1. The lowest BCUT2D eigenvalue weighted by molar-refractivity contribution is 0.101. The molecule has 3 nitrogen and oxygen atoms in total. The minimum absolute atomic E-state index is 0.0609. The summed E-state index contributed by atoms with van der Waals surface area (Å²) in [7, 11) is 3.68. The fourth-order valence-electron chi connectivity index (χ4n) is 3.04. The number of carbonyl (C=O) groups excluding carboxylic acids is 1. The van der Waals surface area contributed by atoms with E-state index in [1.165, 1.54) is 25.7 Å². The molecule has 19 heavy (non-hydrogen) atoms. The van der Waals surface area contributed by atoms with Crippen LogP contribution in [-0.2, 0) is 0 Å². The first kappa shape index (κ1) is 13.9.